The van der Waals surface area contributed by atoms with E-state index in [9.17, 15) is 31.7 Å². The maximum Gasteiger partial charge on any atom is 0.365 e. The molecule has 0 aliphatic rings. The van der Waals surface area contributed by atoms with Crippen LogP contribution in [0.25, 0.3) is 0 Å². The highest BCUT2D eigenvalue weighted by atomic mass is 32.2. The third kappa shape index (κ3) is 2.68. The summed E-state index contributed by atoms with van der Waals surface area (Å²) in [5, 5.41) is 13.2. The van der Waals surface area contributed by atoms with Crippen LogP contribution in [0.4, 0.5) is 19.0 Å². The van der Waals surface area contributed by atoms with Gasteiger partial charge < -0.3 is 10.1 Å². The maximum atomic E-state index is 13.2. The van der Waals surface area contributed by atoms with Gasteiger partial charge in [0.2, 0.25) is 0 Å². The second-order valence-corrected chi connectivity index (χ2v) is 4.27. The quantitative estimate of drug-likeness (QED) is 0.642. The number of nitrogens with two attached hydrogens (primary N) is 1. The molecule has 1 rings (SSSR count). The molecule has 2 N–H and O–H groups in total. The molecule has 0 aromatic carbocycles. The Bertz CT molecular complexity index is 574. The van der Waals surface area contributed by atoms with Crippen LogP contribution in [0.2, 0.25) is 0 Å². The highest BCUT2D eigenvalue weighted by Crippen LogP contribution is 2.28. The van der Waals surface area contributed by atoms with E-state index in [4.69, 9.17) is 0 Å². The van der Waals surface area contributed by atoms with Gasteiger partial charge in [0.05, 0.1) is 5.56 Å². The Morgan fingerprint density at radius 2 is 2.00 bits per heavy atom. The summed E-state index contributed by atoms with van der Waals surface area (Å²) in [7, 11) is -4.77. The molecule has 1 aromatic heterocycles. The van der Waals surface area contributed by atoms with E-state index < -0.39 is 43.6 Å². The standard InChI is InChI=1S/C6H4F3N3O4S/c7-4-2(5(8)9)1-3(12(13)14)11-6(4)17(10,15)16/h1,5H,(H2,10,15,16). The van der Waals surface area contributed by atoms with Crippen LogP contribution < -0.4 is 5.14 Å². The zero-order chi connectivity index (χ0) is 13.4. The zero-order valence-corrected chi connectivity index (χ0v) is 8.62. The van der Waals surface area contributed by atoms with Crippen molar-refractivity contribution in [2.75, 3.05) is 0 Å². The van der Waals surface area contributed by atoms with Crippen molar-refractivity contribution in [2.45, 2.75) is 11.5 Å². The monoisotopic (exact) mass is 271 g/mol. The fourth-order valence-electron chi connectivity index (χ4n) is 0.952. The van der Waals surface area contributed by atoms with E-state index in [0.717, 1.165) is 0 Å². The number of hydrogen-bond donors (Lipinski definition) is 1. The lowest BCUT2D eigenvalue weighted by molar-refractivity contribution is -0.390. The van der Waals surface area contributed by atoms with Crippen LogP contribution in [0.5, 0.6) is 0 Å². The van der Waals surface area contributed by atoms with Crippen LogP contribution in [0.15, 0.2) is 11.1 Å². The lowest BCUT2D eigenvalue weighted by Crippen LogP contribution is -2.18. The van der Waals surface area contributed by atoms with Crippen molar-refractivity contribution in [2.24, 2.45) is 5.14 Å². The van der Waals surface area contributed by atoms with Gasteiger partial charge >= 0.3 is 10.8 Å². The van der Waals surface area contributed by atoms with Crippen molar-refractivity contribution in [3.63, 3.8) is 0 Å². The van der Waals surface area contributed by atoms with Gasteiger partial charge in [-0.2, -0.15) is 0 Å². The summed E-state index contributed by atoms with van der Waals surface area (Å²) in [5.41, 5.74) is -1.45. The van der Waals surface area contributed by atoms with E-state index in [1.807, 2.05) is 0 Å². The summed E-state index contributed by atoms with van der Waals surface area (Å²) in [4.78, 5) is 11.8. The molecule has 0 bridgehead atoms. The number of hydrogen-bond acceptors (Lipinski definition) is 5. The van der Waals surface area contributed by atoms with Crippen LogP contribution >= 0.6 is 0 Å². The Morgan fingerprint density at radius 1 is 1.47 bits per heavy atom. The fraction of sp³-hybridized carbons (Fsp3) is 0.167. The smallest absolute Gasteiger partial charge is 0.358 e. The number of nitro groups is 1. The number of primary sulfonamides is 1. The third-order valence-corrected chi connectivity index (χ3v) is 2.44. The number of sulfonamides is 1. The lowest BCUT2D eigenvalue weighted by atomic mass is 10.2. The van der Waals surface area contributed by atoms with Crippen molar-refractivity contribution in [3.8, 4) is 0 Å². The third-order valence-electron chi connectivity index (χ3n) is 1.63. The number of alkyl halides is 2. The summed E-state index contributed by atoms with van der Waals surface area (Å²) in [5.74, 6) is -3.13. The van der Waals surface area contributed by atoms with E-state index >= 15 is 0 Å². The highest BCUT2D eigenvalue weighted by molar-refractivity contribution is 7.89. The van der Waals surface area contributed by atoms with E-state index in [1.165, 1.54) is 0 Å². The van der Waals surface area contributed by atoms with Crippen molar-refractivity contribution < 1.29 is 26.5 Å². The Morgan fingerprint density at radius 3 is 2.35 bits per heavy atom. The van der Waals surface area contributed by atoms with Crippen LogP contribution in [-0.2, 0) is 10.0 Å². The van der Waals surface area contributed by atoms with Gasteiger partial charge in [-0.05, 0) is 9.91 Å². The first-order valence-corrected chi connectivity index (χ1v) is 5.35. The summed E-state index contributed by atoms with van der Waals surface area (Å²) in [6.45, 7) is 0. The molecule has 0 saturated carbocycles. The Hall–Kier alpha value is -1.75. The first-order valence-electron chi connectivity index (χ1n) is 3.80. The molecule has 7 nitrogen and oxygen atoms in total. The van der Waals surface area contributed by atoms with E-state index in [-0.39, 0.29) is 6.07 Å². The summed E-state index contributed by atoms with van der Waals surface area (Å²) < 4.78 is 59.5. The Kier molecular flexibility index (Phi) is 3.33. The zero-order valence-electron chi connectivity index (χ0n) is 7.80. The van der Waals surface area contributed by atoms with Crippen molar-refractivity contribution in [1.29, 1.82) is 0 Å². The minimum Gasteiger partial charge on any atom is -0.358 e. The molecule has 0 atom stereocenters. The van der Waals surface area contributed by atoms with Gasteiger partial charge in [0.1, 0.15) is 0 Å². The molecular formula is C6H4F3N3O4S. The van der Waals surface area contributed by atoms with Crippen LogP contribution in [0.3, 0.4) is 0 Å². The molecule has 1 aromatic rings. The molecule has 11 heteroatoms. The normalized spacial score (nSPS) is 11.8. The number of halogens is 3. The molecule has 0 unspecified atom stereocenters. The van der Waals surface area contributed by atoms with Gasteiger partial charge in [-0.3, -0.25) is 0 Å². The molecule has 0 amide bonds. The Labute approximate surface area is 92.3 Å². The summed E-state index contributed by atoms with van der Waals surface area (Å²) in [6.07, 6.45) is -3.43. The second kappa shape index (κ2) is 4.25. The summed E-state index contributed by atoms with van der Waals surface area (Å²) >= 11 is 0. The van der Waals surface area contributed by atoms with E-state index in [1.54, 1.807) is 0 Å². The molecule has 0 aliphatic heterocycles. The molecule has 94 valence electrons. The van der Waals surface area contributed by atoms with Crippen molar-refractivity contribution >= 4 is 15.8 Å². The van der Waals surface area contributed by atoms with Gasteiger partial charge in [-0.15, -0.1) is 0 Å². The number of nitrogens with zero attached hydrogens (tertiary/aromatic N) is 2. The molecule has 0 radical (unpaired) electrons. The van der Waals surface area contributed by atoms with Crippen LogP contribution in [0, 0.1) is 15.9 Å². The minimum atomic E-state index is -4.77. The highest BCUT2D eigenvalue weighted by Gasteiger charge is 2.31. The van der Waals surface area contributed by atoms with Crippen LogP contribution in [-0.4, -0.2) is 18.3 Å². The molecule has 0 saturated heterocycles. The fourth-order valence-corrected chi connectivity index (χ4v) is 1.54. The molecule has 17 heavy (non-hydrogen) atoms. The largest absolute Gasteiger partial charge is 0.365 e. The van der Waals surface area contributed by atoms with Gasteiger partial charge in [0.25, 0.3) is 16.4 Å². The second-order valence-electron chi connectivity index (χ2n) is 2.79. The van der Waals surface area contributed by atoms with Gasteiger partial charge in [0, 0.05) is 6.07 Å². The van der Waals surface area contributed by atoms with Gasteiger partial charge in [-0.1, -0.05) is 0 Å². The van der Waals surface area contributed by atoms with Crippen LogP contribution in [0.1, 0.15) is 12.0 Å². The number of aromatic nitrogens is 1. The van der Waals surface area contributed by atoms with Crippen molar-refractivity contribution in [3.05, 3.63) is 27.6 Å². The molecule has 0 fully saturated rings. The molecule has 0 spiro atoms. The molecular weight excluding hydrogens is 267 g/mol. The van der Waals surface area contributed by atoms with Crippen molar-refractivity contribution in [1.82, 2.24) is 4.98 Å². The number of pyridine rings is 1. The molecule has 1 heterocycles. The first-order chi connectivity index (χ1) is 7.64. The molecule has 0 aliphatic carbocycles. The Balaban J connectivity index is 3.67. The topological polar surface area (TPSA) is 116 Å². The summed E-state index contributed by atoms with van der Waals surface area (Å²) in [6, 6.07) is 0.147. The minimum absolute atomic E-state index is 0.147. The average molecular weight is 271 g/mol. The SMILES string of the molecule is NS(=O)(=O)c1nc([N+](=O)[O-])cc(C(F)F)c1F. The maximum absolute atomic E-state index is 13.2. The first kappa shape index (κ1) is 13.3. The van der Waals surface area contributed by atoms with E-state index in [0.29, 0.717) is 0 Å². The van der Waals surface area contributed by atoms with E-state index in [2.05, 4.69) is 10.1 Å². The number of rotatable bonds is 3. The lowest BCUT2D eigenvalue weighted by Gasteiger charge is -2.03. The van der Waals surface area contributed by atoms with Gasteiger partial charge in [-0.25, -0.2) is 26.7 Å². The predicted molar refractivity (Wildman–Crippen MR) is 47.2 cm³/mol. The predicted octanol–water partition coefficient (Wildman–Crippen LogP) is 0.714. The van der Waals surface area contributed by atoms with Gasteiger partial charge in [0.15, 0.2) is 5.82 Å². The average Bonchev–Trinajstić information content (AvgIpc) is 2.15.